The number of hydrogen-bond donors (Lipinski definition) is 2. The van der Waals surface area contributed by atoms with Gasteiger partial charge < -0.3 is 19.3 Å². The van der Waals surface area contributed by atoms with Crippen LogP contribution in [0.5, 0.6) is 0 Å². The van der Waals surface area contributed by atoms with Crippen molar-refractivity contribution in [1.29, 1.82) is 0 Å². The molecule has 0 aliphatic carbocycles. The molecule has 0 bridgehead atoms. The molecule has 0 fully saturated rings. The minimum atomic E-state index is -3.24. The summed E-state index contributed by atoms with van der Waals surface area (Å²) in [4.78, 5) is 17.5. The van der Waals surface area contributed by atoms with Crippen LogP contribution in [0.15, 0.2) is 12.1 Å². The standard InChI is InChI=1S/C8H17O4PS/c1-2-3-4-11-5-6-12-7-8-13(9,10)14/h7-8H,2-6H2,1H3,(H2,9,10,14). The Morgan fingerprint density at radius 3 is 2.57 bits per heavy atom. The molecule has 0 heterocycles. The first-order valence-electron chi connectivity index (χ1n) is 4.48. The molecule has 0 rings (SSSR count). The van der Waals surface area contributed by atoms with Crippen LogP contribution in [0.4, 0.5) is 0 Å². The van der Waals surface area contributed by atoms with Crippen molar-refractivity contribution in [2.24, 2.45) is 0 Å². The summed E-state index contributed by atoms with van der Waals surface area (Å²) < 4.78 is 10.1. The predicted octanol–water partition coefficient (Wildman–Crippen LogP) is 1.58. The van der Waals surface area contributed by atoms with Crippen molar-refractivity contribution in [3.05, 3.63) is 12.1 Å². The second kappa shape index (κ2) is 8.38. The fourth-order valence-corrected chi connectivity index (χ4v) is 1.04. The lowest BCUT2D eigenvalue weighted by atomic mass is 10.4. The van der Waals surface area contributed by atoms with Crippen molar-refractivity contribution in [3.63, 3.8) is 0 Å². The van der Waals surface area contributed by atoms with Crippen molar-refractivity contribution in [1.82, 2.24) is 0 Å². The Morgan fingerprint density at radius 2 is 2.00 bits per heavy atom. The van der Waals surface area contributed by atoms with Crippen LogP contribution >= 0.6 is 6.49 Å². The van der Waals surface area contributed by atoms with Gasteiger partial charge in [-0.1, -0.05) is 13.3 Å². The molecule has 0 amide bonds. The Hall–Kier alpha value is 0.0700. The summed E-state index contributed by atoms with van der Waals surface area (Å²) in [5.41, 5.74) is 0. The first-order chi connectivity index (χ1) is 6.56. The maximum Gasteiger partial charge on any atom is 0.210 e. The van der Waals surface area contributed by atoms with Crippen LogP contribution in [0.1, 0.15) is 19.8 Å². The van der Waals surface area contributed by atoms with Gasteiger partial charge in [0.05, 0.1) is 12.9 Å². The summed E-state index contributed by atoms with van der Waals surface area (Å²) in [6, 6.07) is 0. The lowest BCUT2D eigenvalue weighted by Gasteiger charge is -2.03. The average molecular weight is 240 g/mol. The van der Waals surface area contributed by atoms with Gasteiger partial charge in [0.15, 0.2) is 0 Å². The highest BCUT2D eigenvalue weighted by molar-refractivity contribution is 8.10. The normalized spacial score (nSPS) is 12.2. The van der Waals surface area contributed by atoms with Crippen molar-refractivity contribution in [2.45, 2.75) is 19.8 Å². The third-order valence-electron chi connectivity index (χ3n) is 1.34. The Kier molecular flexibility index (Phi) is 8.43. The lowest BCUT2D eigenvalue weighted by molar-refractivity contribution is 0.0832. The quantitative estimate of drug-likeness (QED) is 0.383. The van der Waals surface area contributed by atoms with Crippen LogP contribution in [0, 0.1) is 0 Å². The zero-order valence-electron chi connectivity index (χ0n) is 8.26. The van der Waals surface area contributed by atoms with Crippen LogP contribution in [0.3, 0.4) is 0 Å². The number of rotatable bonds is 8. The first kappa shape index (κ1) is 14.1. The summed E-state index contributed by atoms with van der Waals surface area (Å²) in [5, 5.41) is 0. The zero-order chi connectivity index (χ0) is 10.9. The molecule has 0 aromatic carbocycles. The van der Waals surface area contributed by atoms with Gasteiger partial charge in [0.2, 0.25) is 6.49 Å². The summed E-state index contributed by atoms with van der Waals surface area (Å²) >= 11 is 4.34. The molecule has 0 radical (unpaired) electrons. The van der Waals surface area contributed by atoms with E-state index in [1.54, 1.807) is 0 Å². The molecule has 0 aliphatic heterocycles. The first-order valence-corrected chi connectivity index (χ1v) is 7.26. The number of unbranched alkanes of at least 4 members (excludes halogenated alkanes) is 1. The smallest absolute Gasteiger partial charge is 0.210 e. The molecule has 0 unspecified atom stereocenters. The molecular weight excluding hydrogens is 223 g/mol. The molecule has 2 N–H and O–H groups in total. The Bertz CT molecular complexity index is 202. The Balaban J connectivity index is 3.22. The van der Waals surface area contributed by atoms with Crippen molar-refractivity contribution in [2.75, 3.05) is 19.8 Å². The minimum Gasteiger partial charge on any atom is -0.499 e. The number of ether oxygens (including phenoxy) is 2. The number of hydrogen-bond acceptors (Lipinski definition) is 3. The van der Waals surface area contributed by atoms with E-state index in [0.717, 1.165) is 25.3 Å². The maximum atomic E-state index is 8.77. The van der Waals surface area contributed by atoms with E-state index in [1.165, 1.54) is 6.26 Å². The maximum absolute atomic E-state index is 8.77. The Labute approximate surface area is 89.7 Å². The molecule has 4 nitrogen and oxygen atoms in total. The minimum absolute atomic E-state index is 0.398. The second-order valence-corrected chi connectivity index (χ2v) is 5.80. The van der Waals surface area contributed by atoms with Gasteiger partial charge in [-0.25, -0.2) is 0 Å². The highest BCUT2D eigenvalue weighted by atomic mass is 32.5. The van der Waals surface area contributed by atoms with Crippen molar-refractivity contribution < 1.29 is 19.3 Å². The van der Waals surface area contributed by atoms with Gasteiger partial charge in [0.1, 0.15) is 6.61 Å². The molecule has 0 aromatic heterocycles. The second-order valence-electron chi connectivity index (χ2n) is 2.71. The molecule has 0 spiro atoms. The third kappa shape index (κ3) is 12.1. The SMILES string of the molecule is CCCCOCCOC=CP(O)(O)=S. The molecular formula is C8H17O4PS. The van der Waals surface area contributed by atoms with E-state index in [2.05, 4.69) is 18.7 Å². The van der Waals surface area contributed by atoms with E-state index in [0.29, 0.717) is 13.2 Å². The summed E-state index contributed by atoms with van der Waals surface area (Å²) in [6.07, 6.45) is 3.37. The molecule has 14 heavy (non-hydrogen) atoms. The highest BCUT2D eigenvalue weighted by Gasteiger charge is 1.98. The third-order valence-corrected chi connectivity index (χ3v) is 2.21. The Morgan fingerprint density at radius 1 is 1.29 bits per heavy atom. The summed E-state index contributed by atoms with van der Waals surface area (Å²) in [7, 11) is 0. The molecule has 0 aliphatic rings. The molecule has 0 saturated heterocycles. The van der Waals surface area contributed by atoms with Crippen molar-refractivity contribution >= 4 is 18.3 Å². The van der Waals surface area contributed by atoms with Crippen LogP contribution in [-0.4, -0.2) is 29.6 Å². The fourth-order valence-electron chi connectivity index (χ4n) is 0.646. The zero-order valence-corrected chi connectivity index (χ0v) is 9.97. The van der Waals surface area contributed by atoms with E-state index in [4.69, 9.17) is 19.3 Å². The molecule has 0 saturated carbocycles. The monoisotopic (exact) mass is 240 g/mol. The lowest BCUT2D eigenvalue weighted by Crippen LogP contribution is -2.02. The van der Waals surface area contributed by atoms with E-state index in [-0.39, 0.29) is 0 Å². The van der Waals surface area contributed by atoms with E-state index >= 15 is 0 Å². The fraction of sp³-hybridized carbons (Fsp3) is 0.750. The predicted molar refractivity (Wildman–Crippen MR) is 59.5 cm³/mol. The molecule has 0 aromatic rings. The van der Waals surface area contributed by atoms with Gasteiger partial charge in [-0.05, 0) is 18.2 Å². The summed E-state index contributed by atoms with van der Waals surface area (Å²) in [6.45, 7) is 0.490. The topological polar surface area (TPSA) is 58.9 Å². The van der Waals surface area contributed by atoms with Crippen molar-refractivity contribution in [3.8, 4) is 0 Å². The van der Waals surface area contributed by atoms with E-state index in [1.807, 2.05) is 0 Å². The van der Waals surface area contributed by atoms with Crippen LogP contribution in [0.2, 0.25) is 0 Å². The van der Waals surface area contributed by atoms with Crippen LogP contribution in [-0.2, 0) is 21.3 Å². The van der Waals surface area contributed by atoms with E-state index in [9.17, 15) is 0 Å². The van der Waals surface area contributed by atoms with Gasteiger partial charge in [-0.15, -0.1) is 0 Å². The molecule has 0 atom stereocenters. The van der Waals surface area contributed by atoms with Crippen LogP contribution < -0.4 is 0 Å². The highest BCUT2D eigenvalue weighted by Crippen LogP contribution is 2.36. The van der Waals surface area contributed by atoms with Gasteiger partial charge in [0, 0.05) is 12.4 Å². The molecule has 84 valence electrons. The van der Waals surface area contributed by atoms with Gasteiger partial charge in [-0.3, -0.25) is 0 Å². The van der Waals surface area contributed by atoms with Crippen LogP contribution in [0.25, 0.3) is 0 Å². The van der Waals surface area contributed by atoms with E-state index < -0.39 is 6.49 Å². The van der Waals surface area contributed by atoms with Gasteiger partial charge in [-0.2, -0.15) is 0 Å². The van der Waals surface area contributed by atoms with Gasteiger partial charge >= 0.3 is 0 Å². The molecule has 6 heteroatoms. The summed E-state index contributed by atoms with van der Waals surface area (Å²) in [5.74, 6) is 1.09. The van der Waals surface area contributed by atoms with Gasteiger partial charge in [0.25, 0.3) is 0 Å². The largest absolute Gasteiger partial charge is 0.499 e. The average Bonchev–Trinajstić information content (AvgIpc) is 2.08.